The van der Waals surface area contributed by atoms with Crippen LogP contribution in [0.5, 0.6) is 5.75 Å². The molecule has 3 aromatic carbocycles. The van der Waals surface area contributed by atoms with E-state index in [1.807, 2.05) is 54.6 Å². The largest absolute Gasteiger partial charge is 0.484 e. The van der Waals surface area contributed by atoms with E-state index in [1.54, 1.807) is 0 Å². The highest BCUT2D eigenvalue weighted by Gasteiger charge is 2.23. The fraction of sp³-hybridized carbons (Fsp3) is 0.259. The smallest absolute Gasteiger partial charge is 0.258 e. The summed E-state index contributed by atoms with van der Waals surface area (Å²) in [6, 6.07) is 26.3. The Labute approximate surface area is 188 Å². The van der Waals surface area contributed by atoms with Crippen molar-refractivity contribution in [3.63, 3.8) is 0 Å². The van der Waals surface area contributed by atoms with Gasteiger partial charge in [0, 0.05) is 12.6 Å². The van der Waals surface area contributed by atoms with Crippen LogP contribution in [0.4, 0.5) is 0 Å². The van der Waals surface area contributed by atoms with Crippen LogP contribution in [0.2, 0.25) is 0 Å². The van der Waals surface area contributed by atoms with Gasteiger partial charge >= 0.3 is 0 Å². The first-order valence-electron chi connectivity index (χ1n) is 11.1. The zero-order valence-corrected chi connectivity index (χ0v) is 18.1. The summed E-state index contributed by atoms with van der Waals surface area (Å²) in [6.45, 7) is 0.614. The van der Waals surface area contributed by atoms with Crippen molar-refractivity contribution in [2.75, 3.05) is 13.2 Å². The fourth-order valence-electron chi connectivity index (χ4n) is 3.44. The van der Waals surface area contributed by atoms with E-state index in [0.29, 0.717) is 24.8 Å². The number of hydrogen-bond donors (Lipinski definition) is 2. The number of rotatable bonds is 10. The maximum absolute atomic E-state index is 12.3. The zero-order chi connectivity index (χ0) is 22.2. The second kappa shape index (κ2) is 10.6. The molecule has 0 bridgehead atoms. The van der Waals surface area contributed by atoms with E-state index >= 15 is 0 Å². The number of hydrogen-bond acceptors (Lipinski definition) is 3. The molecule has 1 aliphatic carbocycles. The molecule has 0 atom stereocenters. The van der Waals surface area contributed by atoms with Crippen LogP contribution in [-0.2, 0) is 22.4 Å². The Morgan fingerprint density at radius 2 is 1.44 bits per heavy atom. The number of carbonyl (C=O) groups is 2. The van der Waals surface area contributed by atoms with Gasteiger partial charge < -0.3 is 15.4 Å². The Morgan fingerprint density at radius 3 is 2.12 bits per heavy atom. The molecule has 5 heteroatoms. The van der Waals surface area contributed by atoms with Crippen molar-refractivity contribution in [3.05, 3.63) is 90.0 Å². The van der Waals surface area contributed by atoms with Crippen molar-refractivity contribution in [2.24, 2.45) is 0 Å². The Kier molecular flexibility index (Phi) is 7.18. The third-order valence-electron chi connectivity index (χ3n) is 5.40. The summed E-state index contributed by atoms with van der Waals surface area (Å²) in [7, 11) is 0. The van der Waals surface area contributed by atoms with Gasteiger partial charge in [-0.15, -0.1) is 0 Å². The summed E-state index contributed by atoms with van der Waals surface area (Å²) >= 11 is 0. The molecular weight excluding hydrogens is 400 g/mol. The van der Waals surface area contributed by atoms with Gasteiger partial charge in [0.05, 0.1) is 6.42 Å². The van der Waals surface area contributed by atoms with Gasteiger partial charge in [0.25, 0.3) is 5.91 Å². The monoisotopic (exact) mass is 428 g/mol. The molecule has 0 unspecified atom stereocenters. The van der Waals surface area contributed by atoms with Crippen molar-refractivity contribution in [1.82, 2.24) is 10.6 Å². The van der Waals surface area contributed by atoms with Crippen molar-refractivity contribution < 1.29 is 14.3 Å². The van der Waals surface area contributed by atoms with Crippen molar-refractivity contribution in [1.29, 1.82) is 0 Å². The quantitative estimate of drug-likeness (QED) is 0.514. The van der Waals surface area contributed by atoms with Crippen LogP contribution < -0.4 is 15.4 Å². The molecule has 2 amide bonds. The second-order valence-corrected chi connectivity index (χ2v) is 8.11. The van der Waals surface area contributed by atoms with Gasteiger partial charge in [0.2, 0.25) is 5.91 Å². The van der Waals surface area contributed by atoms with E-state index < -0.39 is 0 Å². The fourth-order valence-corrected chi connectivity index (χ4v) is 3.44. The van der Waals surface area contributed by atoms with Gasteiger partial charge in [0.1, 0.15) is 5.75 Å². The van der Waals surface area contributed by atoms with Gasteiger partial charge in [0.15, 0.2) is 6.61 Å². The molecule has 1 fully saturated rings. The molecular formula is C27H28N2O3. The number of carbonyl (C=O) groups excluding carboxylic acids is 2. The summed E-state index contributed by atoms with van der Waals surface area (Å²) in [6.07, 6.45) is 3.24. The van der Waals surface area contributed by atoms with E-state index in [0.717, 1.165) is 36.0 Å². The Hall–Kier alpha value is -3.60. The van der Waals surface area contributed by atoms with E-state index in [-0.39, 0.29) is 18.4 Å². The van der Waals surface area contributed by atoms with Gasteiger partial charge in [-0.05, 0) is 53.6 Å². The first kappa shape index (κ1) is 21.6. The third kappa shape index (κ3) is 6.71. The van der Waals surface area contributed by atoms with Gasteiger partial charge in [-0.2, -0.15) is 0 Å². The molecule has 1 aliphatic rings. The standard InChI is InChI=1S/C27H28N2O3/c30-26(18-21-6-10-23(11-7-21)22-4-2-1-3-5-22)28-17-16-20-8-14-25(15-9-20)32-19-27(31)29-24-12-13-24/h1-11,14-15,24H,12-13,16-19H2,(H,28,30)(H,29,31). The van der Waals surface area contributed by atoms with Crippen molar-refractivity contribution >= 4 is 11.8 Å². The molecule has 0 heterocycles. The first-order valence-corrected chi connectivity index (χ1v) is 11.1. The minimum Gasteiger partial charge on any atom is -0.484 e. The first-order chi connectivity index (χ1) is 15.7. The Balaban J connectivity index is 1.16. The zero-order valence-electron chi connectivity index (χ0n) is 18.1. The van der Waals surface area contributed by atoms with Crippen LogP contribution in [0.25, 0.3) is 11.1 Å². The second-order valence-electron chi connectivity index (χ2n) is 8.11. The van der Waals surface area contributed by atoms with Crippen LogP contribution >= 0.6 is 0 Å². The highest BCUT2D eigenvalue weighted by Crippen LogP contribution is 2.20. The molecule has 0 radical (unpaired) electrons. The van der Waals surface area contributed by atoms with Gasteiger partial charge in [-0.1, -0.05) is 66.7 Å². The summed E-state index contributed by atoms with van der Waals surface area (Å²) in [5.41, 5.74) is 4.41. The summed E-state index contributed by atoms with van der Waals surface area (Å²) < 4.78 is 5.52. The van der Waals surface area contributed by atoms with E-state index in [1.165, 1.54) is 5.56 Å². The lowest BCUT2D eigenvalue weighted by Gasteiger charge is -2.09. The summed E-state index contributed by atoms with van der Waals surface area (Å²) in [5.74, 6) is 0.607. The molecule has 164 valence electrons. The van der Waals surface area contributed by atoms with Crippen LogP contribution in [0.1, 0.15) is 24.0 Å². The molecule has 1 saturated carbocycles. The predicted octanol–water partition coefficient (Wildman–Crippen LogP) is 3.91. The van der Waals surface area contributed by atoms with Gasteiger partial charge in [-0.3, -0.25) is 9.59 Å². The summed E-state index contributed by atoms with van der Waals surface area (Å²) in [4.78, 5) is 23.9. The molecule has 5 nitrogen and oxygen atoms in total. The lowest BCUT2D eigenvalue weighted by Crippen LogP contribution is -2.30. The van der Waals surface area contributed by atoms with Crippen molar-refractivity contribution in [3.8, 4) is 16.9 Å². The average Bonchev–Trinajstić information content (AvgIpc) is 3.63. The minimum absolute atomic E-state index is 0.0130. The highest BCUT2D eigenvalue weighted by molar-refractivity contribution is 5.79. The topological polar surface area (TPSA) is 67.4 Å². The highest BCUT2D eigenvalue weighted by atomic mass is 16.5. The molecule has 4 rings (SSSR count). The van der Waals surface area contributed by atoms with Gasteiger partial charge in [-0.25, -0.2) is 0 Å². The van der Waals surface area contributed by atoms with Crippen LogP contribution in [-0.4, -0.2) is 31.0 Å². The molecule has 2 N–H and O–H groups in total. The molecule has 0 spiro atoms. The van der Waals surface area contributed by atoms with Crippen LogP contribution in [0, 0.1) is 0 Å². The van der Waals surface area contributed by atoms with Crippen molar-refractivity contribution in [2.45, 2.75) is 31.7 Å². The third-order valence-corrected chi connectivity index (χ3v) is 5.40. The predicted molar refractivity (Wildman–Crippen MR) is 125 cm³/mol. The number of amides is 2. The number of nitrogens with one attached hydrogen (secondary N) is 2. The minimum atomic E-state index is -0.0750. The number of ether oxygens (including phenoxy) is 1. The van der Waals surface area contributed by atoms with E-state index in [4.69, 9.17) is 4.74 Å². The van der Waals surface area contributed by atoms with E-state index in [9.17, 15) is 9.59 Å². The maximum Gasteiger partial charge on any atom is 0.258 e. The summed E-state index contributed by atoms with van der Waals surface area (Å²) in [5, 5.41) is 5.88. The lowest BCUT2D eigenvalue weighted by atomic mass is 10.0. The lowest BCUT2D eigenvalue weighted by molar-refractivity contribution is -0.123. The SMILES string of the molecule is O=C(Cc1ccc(-c2ccccc2)cc1)NCCc1ccc(OCC(=O)NC2CC2)cc1. The molecule has 0 aromatic heterocycles. The van der Waals surface area contributed by atoms with Crippen LogP contribution in [0.3, 0.4) is 0 Å². The molecule has 0 aliphatic heterocycles. The Bertz CT molecular complexity index is 1030. The molecule has 0 saturated heterocycles. The average molecular weight is 429 g/mol. The Morgan fingerprint density at radius 1 is 0.781 bits per heavy atom. The number of benzene rings is 3. The molecule has 3 aromatic rings. The molecule has 32 heavy (non-hydrogen) atoms. The van der Waals surface area contributed by atoms with Crippen LogP contribution in [0.15, 0.2) is 78.9 Å². The maximum atomic E-state index is 12.3. The van der Waals surface area contributed by atoms with E-state index in [2.05, 4.69) is 34.9 Å². The normalized spacial score (nSPS) is 12.8.